The maximum atomic E-state index is 13.1. The first-order valence-corrected chi connectivity index (χ1v) is 8.50. The molecule has 2 aliphatic heterocycles. The third kappa shape index (κ3) is 2.67. The van der Waals surface area contributed by atoms with Gasteiger partial charge in [0.2, 0.25) is 12.0 Å². The van der Waals surface area contributed by atoms with Crippen LogP contribution in [-0.2, 0) is 14.4 Å². The van der Waals surface area contributed by atoms with Crippen LogP contribution < -0.4 is 9.64 Å². The van der Waals surface area contributed by atoms with E-state index in [4.69, 9.17) is 21.2 Å². The van der Waals surface area contributed by atoms with Crippen LogP contribution in [0.5, 0.6) is 5.75 Å². The summed E-state index contributed by atoms with van der Waals surface area (Å²) in [5.74, 6) is -2.07. The van der Waals surface area contributed by atoms with Crippen LogP contribution in [0.2, 0.25) is 5.02 Å². The Kier molecular flexibility index (Phi) is 4.23. The van der Waals surface area contributed by atoms with Gasteiger partial charge in [0.15, 0.2) is 0 Å². The first kappa shape index (κ1) is 17.9. The summed E-state index contributed by atoms with van der Waals surface area (Å²) in [5, 5.41) is 15.5. The number of benzene rings is 2. The molecule has 9 nitrogen and oxygen atoms in total. The van der Waals surface area contributed by atoms with Gasteiger partial charge in [0, 0.05) is 22.7 Å². The molecule has 0 unspecified atom stereocenters. The van der Waals surface area contributed by atoms with E-state index >= 15 is 0 Å². The quantitative estimate of drug-likeness (QED) is 0.442. The van der Waals surface area contributed by atoms with Gasteiger partial charge in [-0.15, -0.1) is 0 Å². The molecule has 2 atom stereocenters. The standard InChI is InChI=1S/C18H12ClN3O6/c1-27-13-7-6-11(22(25)26)8-12(13)21-17(23)14-15(20-28-16(14)18(21)24)9-2-4-10(19)5-3-9/h2-8,14,16H,1H3/t14-,16-/m0/s1. The minimum Gasteiger partial charge on any atom is -0.495 e. The molecule has 2 aromatic rings. The van der Waals surface area contributed by atoms with Gasteiger partial charge in [0.05, 0.1) is 12.0 Å². The zero-order chi connectivity index (χ0) is 20.0. The molecule has 142 valence electrons. The Bertz CT molecular complexity index is 1040. The fourth-order valence-corrected chi connectivity index (χ4v) is 3.37. The zero-order valence-electron chi connectivity index (χ0n) is 14.4. The highest BCUT2D eigenvalue weighted by Gasteiger charge is 2.56. The molecule has 0 spiro atoms. The van der Waals surface area contributed by atoms with Crippen molar-refractivity contribution in [3.05, 3.63) is 63.2 Å². The van der Waals surface area contributed by atoms with E-state index in [1.807, 2.05) is 0 Å². The van der Waals surface area contributed by atoms with E-state index < -0.39 is 28.8 Å². The van der Waals surface area contributed by atoms with Crippen LogP contribution in [0.25, 0.3) is 0 Å². The number of amides is 2. The Morgan fingerprint density at radius 2 is 1.89 bits per heavy atom. The molecule has 2 heterocycles. The third-order valence-corrected chi connectivity index (χ3v) is 4.82. The van der Waals surface area contributed by atoms with Crippen LogP contribution >= 0.6 is 11.6 Å². The fraction of sp³-hybridized carbons (Fsp3) is 0.167. The Labute approximate surface area is 163 Å². The Morgan fingerprint density at radius 3 is 2.54 bits per heavy atom. The SMILES string of the molecule is COc1ccc([N+](=O)[O-])cc1N1C(=O)[C@H]2C(c3ccc(Cl)cc3)=NO[C@@H]2C1=O. The van der Waals surface area contributed by atoms with E-state index in [0.29, 0.717) is 16.3 Å². The lowest BCUT2D eigenvalue weighted by Gasteiger charge is -2.18. The van der Waals surface area contributed by atoms with Gasteiger partial charge in [0.25, 0.3) is 11.6 Å². The smallest absolute Gasteiger partial charge is 0.279 e. The van der Waals surface area contributed by atoms with Crippen LogP contribution in [-0.4, -0.2) is 35.7 Å². The summed E-state index contributed by atoms with van der Waals surface area (Å²) in [6, 6.07) is 10.3. The summed E-state index contributed by atoms with van der Waals surface area (Å²) in [4.78, 5) is 42.5. The van der Waals surface area contributed by atoms with Gasteiger partial charge in [-0.05, 0) is 18.2 Å². The van der Waals surface area contributed by atoms with Gasteiger partial charge in [-0.1, -0.05) is 28.9 Å². The molecule has 0 aromatic heterocycles. The Hall–Kier alpha value is -3.46. The summed E-state index contributed by atoms with van der Waals surface area (Å²) in [6.45, 7) is 0. The Morgan fingerprint density at radius 1 is 1.18 bits per heavy atom. The summed E-state index contributed by atoms with van der Waals surface area (Å²) in [7, 11) is 1.34. The minimum absolute atomic E-state index is 0.0137. The molecule has 1 fully saturated rings. The number of carbonyl (C=O) groups is 2. The second kappa shape index (κ2) is 6.61. The summed E-state index contributed by atoms with van der Waals surface area (Å²) < 4.78 is 5.18. The van der Waals surface area contributed by atoms with Crippen molar-refractivity contribution in [2.45, 2.75) is 6.10 Å². The van der Waals surface area contributed by atoms with Crippen LogP contribution in [0.4, 0.5) is 11.4 Å². The molecule has 0 bridgehead atoms. The highest BCUT2D eigenvalue weighted by atomic mass is 35.5. The molecule has 2 aromatic carbocycles. The van der Waals surface area contributed by atoms with Crippen LogP contribution in [0, 0.1) is 16.0 Å². The van der Waals surface area contributed by atoms with Crippen molar-refractivity contribution in [3.8, 4) is 5.75 Å². The van der Waals surface area contributed by atoms with Crippen molar-refractivity contribution in [1.82, 2.24) is 0 Å². The van der Waals surface area contributed by atoms with Gasteiger partial charge < -0.3 is 9.57 Å². The first-order valence-electron chi connectivity index (χ1n) is 8.12. The van der Waals surface area contributed by atoms with E-state index in [1.54, 1.807) is 24.3 Å². The summed E-state index contributed by atoms with van der Waals surface area (Å²) in [6.07, 6.45) is -1.14. The number of fused-ring (bicyclic) bond motifs is 1. The second-order valence-corrected chi connectivity index (χ2v) is 6.55. The molecule has 0 saturated carbocycles. The number of anilines is 1. The molecule has 4 rings (SSSR count). The van der Waals surface area contributed by atoms with Crippen molar-refractivity contribution in [3.63, 3.8) is 0 Å². The average Bonchev–Trinajstić information content (AvgIpc) is 3.22. The predicted octanol–water partition coefficient (Wildman–Crippen LogP) is 2.55. The highest BCUT2D eigenvalue weighted by Crippen LogP contribution is 2.40. The fourth-order valence-electron chi connectivity index (χ4n) is 3.24. The summed E-state index contributed by atoms with van der Waals surface area (Å²) in [5.41, 5.74) is 0.596. The van der Waals surface area contributed by atoms with Gasteiger partial charge in [-0.2, -0.15) is 0 Å². The number of non-ortho nitro benzene ring substituents is 1. The summed E-state index contributed by atoms with van der Waals surface area (Å²) >= 11 is 5.89. The molecule has 0 N–H and O–H groups in total. The molecular formula is C18H12ClN3O6. The van der Waals surface area contributed by atoms with Crippen LogP contribution in [0.1, 0.15) is 5.56 Å². The topological polar surface area (TPSA) is 111 Å². The number of rotatable bonds is 4. The predicted molar refractivity (Wildman–Crippen MR) is 98.5 cm³/mol. The van der Waals surface area contributed by atoms with Gasteiger partial charge in [-0.3, -0.25) is 19.7 Å². The highest BCUT2D eigenvalue weighted by molar-refractivity contribution is 6.33. The molecule has 2 amide bonds. The number of hydrogen-bond donors (Lipinski definition) is 0. The van der Waals surface area contributed by atoms with E-state index in [2.05, 4.69) is 5.16 Å². The Balaban J connectivity index is 1.75. The zero-order valence-corrected chi connectivity index (χ0v) is 15.1. The first-order chi connectivity index (χ1) is 13.4. The lowest BCUT2D eigenvalue weighted by Crippen LogP contribution is -2.33. The van der Waals surface area contributed by atoms with Gasteiger partial charge in [0.1, 0.15) is 23.1 Å². The van der Waals surface area contributed by atoms with E-state index in [1.165, 1.54) is 19.2 Å². The number of imide groups is 1. The van der Waals surface area contributed by atoms with Crippen molar-refractivity contribution in [2.24, 2.45) is 11.1 Å². The number of nitro groups is 1. The van der Waals surface area contributed by atoms with Crippen molar-refractivity contribution in [2.75, 3.05) is 12.0 Å². The molecule has 1 saturated heterocycles. The molecule has 28 heavy (non-hydrogen) atoms. The number of nitro benzene ring substituents is 1. The van der Waals surface area contributed by atoms with Crippen LogP contribution in [0.15, 0.2) is 47.6 Å². The number of methoxy groups -OCH3 is 1. The molecule has 0 radical (unpaired) electrons. The number of oxime groups is 1. The number of halogens is 1. The lowest BCUT2D eigenvalue weighted by atomic mass is 9.94. The largest absolute Gasteiger partial charge is 0.495 e. The molecule has 2 aliphatic rings. The van der Waals surface area contributed by atoms with E-state index in [0.717, 1.165) is 11.0 Å². The second-order valence-electron chi connectivity index (χ2n) is 6.11. The number of ether oxygens (including phenoxy) is 1. The van der Waals surface area contributed by atoms with Crippen molar-refractivity contribution >= 4 is 40.5 Å². The number of nitrogens with zero attached hydrogens (tertiary/aromatic N) is 3. The molecular weight excluding hydrogens is 390 g/mol. The maximum Gasteiger partial charge on any atom is 0.279 e. The maximum absolute atomic E-state index is 13.1. The van der Waals surface area contributed by atoms with E-state index in [9.17, 15) is 19.7 Å². The number of carbonyl (C=O) groups excluding carboxylic acids is 2. The van der Waals surface area contributed by atoms with E-state index in [-0.39, 0.29) is 17.1 Å². The monoisotopic (exact) mass is 401 g/mol. The lowest BCUT2D eigenvalue weighted by molar-refractivity contribution is -0.384. The number of hydrogen-bond acceptors (Lipinski definition) is 7. The van der Waals surface area contributed by atoms with Gasteiger partial charge >= 0.3 is 0 Å². The third-order valence-electron chi connectivity index (χ3n) is 4.57. The average molecular weight is 402 g/mol. The van der Waals surface area contributed by atoms with Crippen molar-refractivity contribution < 1.29 is 24.1 Å². The van der Waals surface area contributed by atoms with Crippen LogP contribution in [0.3, 0.4) is 0 Å². The normalized spacial score (nSPS) is 20.6. The van der Waals surface area contributed by atoms with Gasteiger partial charge in [-0.25, -0.2) is 4.90 Å². The van der Waals surface area contributed by atoms with Crippen molar-refractivity contribution in [1.29, 1.82) is 0 Å². The molecule has 10 heteroatoms. The minimum atomic E-state index is -1.14. The molecule has 0 aliphatic carbocycles.